The molecule has 0 saturated heterocycles. The van der Waals surface area contributed by atoms with Crippen LogP contribution in [0.4, 0.5) is 8.78 Å². The van der Waals surface area contributed by atoms with Gasteiger partial charge in [0.05, 0.1) is 11.8 Å². The van der Waals surface area contributed by atoms with Crippen molar-refractivity contribution >= 4 is 0 Å². The maximum absolute atomic E-state index is 13.1. The van der Waals surface area contributed by atoms with E-state index in [0.717, 1.165) is 12.1 Å². The van der Waals surface area contributed by atoms with Crippen LogP contribution in [-0.4, -0.2) is 14.9 Å². The maximum Gasteiger partial charge on any atom is 0.160 e. The fourth-order valence-corrected chi connectivity index (χ4v) is 1.50. The molecular weight excluding hydrogens is 214 g/mol. The Kier molecular flexibility index (Phi) is 2.70. The predicted octanol–water partition coefficient (Wildman–Crippen LogP) is 2.20. The first-order valence-electron chi connectivity index (χ1n) is 4.76. The number of aromatic nitrogens is 2. The van der Waals surface area contributed by atoms with E-state index >= 15 is 0 Å². The maximum atomic E-state index is 13.1. The van der Waals surface area contributed by atoms with Crippen LogP contribution < -0.4 is 0 Å². The molecular formula is C11H10F2N2O. The van der Waals surface area contributed by atoms with Crippen molar-refractivity contribution < 1.29 is 13.9 Å². The number of hydrogen-bond acceptors (Lipinski definition) is 2. The molecule has 0 aliphatic rings. The molecule has 0 spiro atoms. The van der Waals surface area contributed by atoms with Gasteiger partial charge in [-0.15, -0.1) is 0 Å². The van der Waals surface area contributed by atoms with E-state index in [1.807, 2.05) is 0 Å². The third kappa shape index (κ3) is 1.81. The Balaban J connectivity index is 2.63. The number of rotatable bonds is 2. The molecule has 0 amide bonds. The lowest BCUT2D eigenvalue weighted by molar-refractivity contribution is 0.198. The van der Waals surface area contributed by atoms with Gasteiger partial charge in [-0.3, -0.25) is 0 Å². The molecule has 1 N–H and O–H groups in total. The summed E-state index contributed by atoms with van der Waals surface area (Å²) in [4.78, 5) is 0. The van der Waals surface area contributed by atoms with Crippen LogP contribution in [0.5, 0.6) is 0 Å². The molecule has 0 bridgehead atoms. The lowest BCUT2D eigenvalue weighted by Crippen LogP contribution is -2.05. The Bertz CT molecular complexity index is 495. The molecule has 1 aromatic heterocycles. The summed E-state index contributed by atoms with van der Waals surface area (Å²) in [5.74, 6) is -1.94. The molecule has 0 aliphatic carbocycles. The molecule has 0 unspecified atom stereocenters. The average Bonchev–Trinajstić information content (AvgIpc) is 2.74. The van der Waals surface area contributed by atoms with Crippen LogP contribution in [0, 0.1) is 11.6 Å². The van der Waals surface area contributed by atoms with E-state index < -0.39 is 17.7 Å². The molecule has 2 rings (SSSR count). The topological polar surface area (TPSA) is 38.0 Å². The third-order valence-electron chi connectivity index (χ3n) is 2.27. The van der Waals surface area contributed by atoms with Gasteiger partial charge in [-0.1, -0.05) is 0 Å². The van der Waals surface area contributed by atoms with Crippen molar-refractivity contribution in [3.8, 4) is 5.69 Å². The predicted molar refractivity (Wildman–Crippen MR) is 54.1 cm³/mol. The summed E-state index contributed by atoms with van der Waals surface area (Å²) >= 11 is 0. The van der Waals surface area contributed by atoms with Crippen molar-refractivity contribution in [1.82, 2.24) is 9.78 Å². The van der Waals surface area contributed by atoms with Crippen LogP contribution in [0.25, 0.3) is 5.69 Å². The molecule has 0 aliphatic heterocycles. The van der Waals surface area contributed by atoms with Crippen LogP contribution in [0.2, 0.25) is 0 Å². The summed E-state index contributed by atoms with van der Waals surface area (Å²) in [6, 6.07) is 3.66. The van der Waals surface area contributed by atoms with Gasteiger partial charge in [0.15, 0.2) is 11.6 Å². The highest BCUT2D eigenvalue weighted by Crippen LogP contribution is 2.24. The van der Waals surface area contributed by atoms with E-state index in [2.05, 4.69) is 5.10 Å². The van der Waals surface area contributed by atoms with E-state index in [9.17, 15) is 13.9 Å². The number of aliphatic hydroxyl groups excluding tert-OH is 1. The van der Waals surface area contributed by atoms with Gasteiger partial charge in [0.2, 0.25) is 0 Å². The van der Waals surface area contributed by atoms with Gasteiger partial charge in [0, 0.05) is 24.0 Å². The Labute approximate surface area is 91.0 Å². The van der Waals surface area contributed by atoms with Gasteiger partial charge < -0.3 is 5.11 Å². The summed E-state index contributed by atoms with van der Waals surface area (Å²) in [5.41, 5.74) is 0.626. The summed E-state index contributed by atoms with van der Waals surface area (Å²) in [7, 11) is 0. The minimum atomic E-state index is -0.980. The molecule has 16 heavy (non-hydrogen) atoms. The molecule has 84 valence electrons. The number of nitrogens with zero attached hydrogens (tertiary/aromatic N) is 2. The second-order valence-corrected chi connectivity index (χ2v) is 3.45. The first-order chi connectivity index (χ1) is 7.59. The first-order valence-corrected chi connectivity index (χ1v) is 4.76. The molecule has 3 nitrogen and oxygen atoms in total. The van der Waals surface area contributed by atoms with Crippen LogP contribution in [0.3, 0.4) is 0 Å². The van der Waals surface area contributed by atoms with Crippen molar-refractivity contribution in [1.29, 1.82) is 0 Å². The normalized spacial score (nSPS) is 12.8. The molecule has 1 heterocycles. The second-order valence-electron chi connectivity index (χ2n) is 3.45. The quantitative estimate of drug-likeness (QED) is 0.849. The van der Waals surface area contributed by atoms with Gasteiger partial charge in [-0.25, -0.2) is 13.5 Å². The standard InChI is InChI=1S/C11H10F2N2O/c1-7(16)8-5-9(12)10(13)6-11(8)15-4-2-3-14-15/h2-7,16H,1H3/t7-/m1/s1. The van der Waals surface area contributed by atoms with Crippen LogP contribution in [0.1, 0.15) is 18.6 Å². The molecule has 0 fully saturated rings. The zero-order valence-electron chi connectivity index (χ0n) is 8.56. The molecule has 1 atom stereocenters. The number of halogens is 2. The molecule has 2 aromatic rings. The average molecular weight is 224 g/mol. The zero-order valence-corrected chi connectivity index (χ0v) is 8.56. The lowest BCUT2D eigenvalue weighted by Gasteiger charge is -2.12. The molecule has 1 aromatic carbocycles. The largest absolute Gasteiger partial charge is 0.389 e. The van der Waals surface area contributed by atoms with Gasteiger partial charge in [0.1, 0.15) is 0 Å². The highest BCUT2D eigenvalue weighted by molar-refractivity contribution is 5.42. The fourth-order valence-electron chi connectivity index (χ4n) is 1.50. The van der Waals surface area contributed by atoms with Gasteiger partial charge >= 0.3 is 0 Å². The number of benzene rings is 1. The van der Waals surface area contributed by atoms with E-state index in [-0.39, 0.29) is 0 Å². The van der Waals surface area contributed by atoms with Crippen molar-refractivity contribution in [3.63, 3.8) is 0 Å². The Morgan fingerprint density at radius 3 is 2.56 bits per heavy atom. The summed E-state index contributed by atoms with van der Waals surface area (Å²) in [6.07, 6.45) is 2.22. The molecule has 5 heteroatoms. The first kappa shape index (κ1) is 10.8. The summed E-state index contributed by atoms with van der Waals surface area (Å²) in [6.45, 7) is 1.49. The highest BCUT2D eigenvalue weighted by Gasteiger charge is 2.14. The Morgan fingerprint density at radius 1 is 1.31 bits per heavy atom. The number of aliphatic hydroxyl groups is 1. The Hall–Kier alpha value is -1.75. The zero-order chi connectivity index (χ0) is 11.7. The lowest BCUT2D eigenvalue weighted by atomic mass is 10.1. The van der Waals surface area contributed by atoms with Gasteiger partial charge in [-0.2, -0.15) is 5.10 Å². The summed E-state index contributed by atoms with van der Waals surface area (Å²) in [5, 5.41) is 13.4. The second kappa shape index (κ2) is 4.02. The van der Waals surface area contributed by atoms with E-state index in [4.69, 9.17) is 0 Å². The van der Waals surface area contributed by atoms with Crippen LogP contribution in [0.15, 0.2) is 30.6 Å². The molecule has 0 radical (unpaired) electrons. The van der Waals surface area contributed by atoms with Crippen molar-refractivity contribution in [2.75, 3.05) is 0 Å². The van der Waals surface area contributed by atoms with Crippen molar-refractivity contribution in [2.24, 2.45) is 0 Å². The van der Waals surface area contributed by atoms with E-state index in [1.54, 1.807) is 12.3 Å². The monoisotopic (exact) mass is 224 g/mol. The Morgan fingerprint density at radius 2 is 2.00 bits per heavy atom. The van der Waals surface area contributed by atoms with E-state index in [1.165, 1.54) is 17.8 Å². The van der Waals surface area contributed by atoms with Crippen molar-refractivity contribution in [3.05, 3.63) is 47.8 Å². The van der Waals surface area contributed by atoms with Crippen LogP contribution in [-0.2, 0) is 0 Å². The van der Waals surface area contributed by atoms with E-state index in [0.29, 0.717) is 11.3 Å². The fraction of sp³-hybridized carbons (Fsp3) is 0.182. The molecule has 0 saturated carbocycles. The minimum absolute atomic E-state index is 0.294. The smallest absolute Gasteiger partial charge is 0.160 e. The summed E-state index contributed by atoms with van der Waals surface area (Å²) < 4.78 is 27.5. The highest BCUT2D eigenvalue weighted by atomic mass is 19.2. The number of hydrogen-bond donors (Lipinski definition) is 1. The SMILES string of the molecule is C[C@@H](O)c1cc(F)c(F)cc1-n1cccn1. The minimum Gasteiger partial charge on any atom is -0.389 e. The van der Waals surface area contributed by atoms with Crippen LogP contribution >= 0.6 is 0 Å². The van der Waals surface area contributed by atoms with Gasteiger partial charge in [-0.05, 0) is 19.1 Å². The van der Waals surface area contributed by atoms with Gasteiger partial charge in [0.25, 0.3) is 0 Å². The third-order valence-corrected chi connectivity index (χ3v) is 2.27. The van der Waals surface area contributed by atoms with Crippen molar-refractivity contribution in [2.45, 2.75) is 13.0 Å².